The Balaban J connectivity index is 2.17. The number of hydrogen-bond acceptors (Lipinski definition) is 3. The van der Waals surface area contributed by atoms with Crippen LogP contribution in [-0.4, -0.2) is 4.98 Å². The minimum atomic E-state index is 0.398. The molecule has 0 amide bonds. The monoisotopic (exact) mass is 256 g/mol. The van der Waals surface area contributed by atoms with Crippen molar-refractivity contribution < 1.29 is 0 Å². The van der Waals surface area contributed by atoms with Crippen LogP contribution in [0.25, 0.3) is 0 Å². The number of hydrogen-bond donors (Lipinski definition) is 1. The summed E-state index contributed by atoms with van der Waals surface area (Å²) in [6.07, 6.45) is 7.36. The molecule has 0 saturated carbocycles. The van der Waals surface area contributed by atoms with Crippen LogP contribution in [0.1, 0.15) is 18.0 Å². The smallest absolute Gasteiger partial charge is 0.180 e. The van der Waals surface area contributed by atoms with Gasteiger partial charge in [0.05, 0.1) is 5.69 Å². The van der Waals surface area contributed by atoms with Crippen molar-refractivity contribution in [3.05, 3.63) is 33.8 Å². The van der Waals surface area contributed by atoms with E-state index in [0.29, 0.717) is 11.0 Å². The molecule has 1 unspecified atom stereocenters. The molecule has 1 atom stereocenters. The van der Waals surface area contributed by atoms with Gasteiger partial charge >= 0.3 is 0 Å². The SMILES string of the molecule is Nc1nc(C2C=CC(Br)=CC2)cs1. The molecular weight excluding hydrogens is 248 g/mol. The van der Waals surface area contributed by atoms with E-state index in [2.05, 4.69) is 39.1 Å². The lowest BCUT2D eigenvalue weighted by molar-refractivity contribution is 0.825. The van der Waals surface area contributed by atoms with Crippen LogP contribution in [0.3, 0.4) is 0 Å². The van der Waals surface area contributed by atoms with Crippen molar-refractivity contribution >= 4 is 32.4 Å². The average Bonchev–Trinajstić information content (AvgIpc) is 2.53. The van der Waals surface area contributed by atoms with Crippen molar-refractivity contribution in [3.63, 3.8) is 0 Å². The Labute approximate surface area is 89.3 Å². The number of nitrogen functional groups attached to an aromatic ring is 1. The summed E-state index contributed by atoms with van der Waals surface area (Å²) in [5.74, 6) is 0.398. The van der Waals surface area contributed by atoms with Gasteiger partial charge in [-0.15, -0.1) is 11.3 Å². The lowest BCUT2D eigenvalue weighted by Gasteiger charge is -2.10. The Morgan fingerprint density at radius 1 is 1.62 bits per heavy atom. The van der Waals surface area contributed by atoms with Gasteiger partial charge in [-0.05, 0) is 6.42 Å². The third kappa shape index (κ3) is 2.00. The summed E-state index contributed by atoms with van der Waals surface area (Å²) in [5, 5.41) is 2.68. The van der Waals surface area contributed by atoms with Gasteiger partial charge in [-0.2, -0.15) is 0 Å². The van der Waals surface area contributed by atoms with Gasteiger partial charge in [0, 0.05) is 15.8 Å². The standard InChI is InChI=1S/C9H9BrN2S/c10-7-3-1-6(2-4-7)8-5-13-9(11)12-8/h1,3-6H,2H2,(H2,11,12). The van der Waals surface area contributed by atoms with Crippen LogP contribution in [0.2, 0.25) is 0 Å². The topological polar surface area (TPSA) is 38.9 Å². The van der Waals surface area contributed by atoms with Gasteiger partial charge in [-0.1, -0.05) is 34.2 Å². The van der Waals surface area contributed by atoms with Gasteiger partial charge < -0.3 is 5.73 Å². The Bertz CT molecular complexity index is 367. The highest BCUT2D eigenvalue weighted by atomic mass is 79.9. The second-order valence-corrected chi connectivity index (χ2v) is 4.71. The van der Waals surface area contributed by atoms with Crippen LogP contribution in [0.5, 0.6) is 0 Å². The maximum absolute atomic E-state index is 5.57. The minimum Gasteiger partial charge on any atom is -0.375 e. The number of thiazole rings is 1. The largest absolute Gasteiger partial charge is 0.375 e. The number of allylic oxidation sites excluding steroid dienone is 4. The van der Waals surface area contributed by atoms with Crippen molar-refractivity contribution in [3.8, 4) is 0 Å². The molecule has 0 radical (unpaired) electrons. The molecule has 0 aliphatic heterocycles. The quantitative estimate of drug-likeness (QED) is 0.839. The van der Waals surface area contributed by atoms with Crippen LogP contribution >= 0.6 is 27.3 Å². The fourth-order valence-electron chi connectivity index (χ4n) is 1.28. The third-order valence-corrected chi connectivity index (χ3v) is 3.25. The van der Waals surface area contributed by atoms with Crippen LogP contribution in [0.15, 0.2) is 28.1 Å². The fraction of sp³-hybridized carbons (Fsp3) is 0.222. The van der Waals surface area contributed by atoms with E-state index < -0.39 is 0 Å². The van der Waals surface area contributed by atoms with Crippen LogP contribution in [0, 0.1) is 0 Å². The van der Waals surface area contributed by atoms with E-state index in [1.54, 1.807) is 0 Å². The molecule has 0 fully saturated rings. The summed E-state index contributed by atoms with van der Waals surface area (Å²) in [6.45, 7) is 0. The van der Waals surface area contributed by atoms with E-state index in [-0.39, 0.29) is 0 Å². The maximum Gasteiger partial charge on any atom is 0.180 e. The molecule has 1 aliphatic rings. The van der Waals surface area contributed by atoms with E-state index in [1.165, 1.54) is 11.3 Å². The van der Waals surface area contributed by atoms with Crippen LogP contribution in [-0.2, 0) is 0 Å². The number of nitrogens with two attached hydrogens (primary N) is 1. The first-order valence-electron chi connectivity index (χ1n) is 4.00. The zero-order chi connectivity index (χ0) is 9.26. The van der Waals surface area contributed by atoms with E-state index in [4.69, 9.17) is 5.73 Å². The average molecular weight is 257 g/mol. The molecule has 2 nitrogen and oxygen atoms in total. The molecule has 1 aromatic rings. The molecular formula is C9H9BrN2S. The first-order chi connectivity index (χ1) is 6.25. The van der Waals surface area contributed by atoms with Gasteiger partial charge in [0.2, 0.25) is 0 Å². The van der Waals surface area contributed by atoms with Gasteiger partial charge in [0.25, 0.3) is 0 Å². The van der Waals surface area contributed by atoms with Crippen molar-refractivity contribution in [2.75, 3.05) is 5.73 Å². The predicted octanol–water partition coefficient (Wildman–Crippen LogP) is 3.05. The Morgan fingerprint density at radius 2 is 2.46 bits per heavy atom. The van der Waals surface area contributed by atoms with Crippen LogP contribution in [0.4, 0.5) is 5.13 Å². The van der Waals surface area contributed by atoms with E-state index >= 15 is 0 Å². The van der Waals surface area contributed by atoms with Crippen molar-refractivity contribution in [2.24, 2.45) is 0 Å². The van der Waals surface area contributed by atoms with Gasteiger partial charge in [-0.3, -0.25) is 0 Å². The van der Waals surface area contributed by atoms with E-state index in [1.807, 2.05) is 5.38 Å². The van der Waals surface area contributed by atoms with Gasteiger partial charge in [-0.25, -0.2) is 4.98 Å². The molecule has 0 saturated heterocycles. The highest BCUT2D eigenvalue weighted by molar-refractivity contribution is 9.11. The Kier molecular flexibility index (Phi) is 2.51. The maximum atomic E-state index is 5.57. The molecule has 2 rings (SSSR count). The molecule has 0 spiro atoms. The normalized spacial score (nSPS) is 21.6. The zero-order valence-electron chi connectivity index (χ0n) is 6.90. The number of rotatable bonds is 1. The minimum absolute atomic E-state index is 0.398. The summed E-state index contributed by atoms with van der Waals surface area (Å²) < 4.78 is 1.15. The number of nitrogens with zero attached hydrogens (tertiary/aromatic N) is 1. The Hall–Kier alpha value is -0.610. The molecule has 1 aliphatic carbocycles. The molecule has 0 bridgehead atoms. The molecule has 0 aromatic carbocycles. The number of halogens is 1. The highest BCUT2D eigenvalue weighted by Gasteiger charge is 2.12. The summed E-state index contributed by atoms with van der Waals surface area (Å²) >= 11 is 4.92. The Morgan fingerprint density at radius 3 is 3.00 bits per heavy atom. The second-order valence-electron chi connectivity index (χ2n) is 2.90. The molecule has 4 heteroatoms. The number of anilines is 1. The molecule has 1 aromatic heterocycles. The predicted molar refractivity (Wildman–Crippen MR) is 60.0 cm³/mol. The summed E-state index contributed by atoms with van der Waals surface area (Å²) in [7, 11) is 0. The van der Waals surface area contributed by atoms with Gasteiger partial charge in [0.1, 0.15) is 0 Å². The molecule has 1 heterocycles. The number of aromatic nitrogens is 1. The fourth-order valence-corrected chi connectivity index (χ4v) is 2.25. The highest BCUT2D eigenvalue weighted by Crippen LogP contribution is 2.29. The zero-order valence-corrected chi connectivity index (χ0v) is 9.31. The van der Waals surface area contributed by atoms with Crippen molar-refractivity contribution in [1.29, 1.82) is 0 Å². The lowest BCUT2D eigenvalue weighted by Crippen LogP contribution is -1.97. The summed E-state index contributed by atoms with van der Waals surface area (Å²) in [4.78, 5) is 4.26. The second kappa shape index (κ2) is 3.64. The third-order valence-electron chi connectivity index (χ3n) is 1.97. The van der Waals surface area contributed by atoms with Crippen molar-refractivity contribution in [2.45, 2.75) is 12.3 Å². The first-order valence-corrected chi connectivity index (χ1v) is 5.68. The van der Waals surface area contributed by atoms with E-state index in [9.17, 15) is 0 Å². The van der Waals surface area contributed by atoms with E-state index in [0.717, 1.165) is 16.6 Å². The summed E-state index contributed by atoms with van der Waals surface area (Å²) in [5.41, 5.74) is 6.65. The van der Waals surface area contributed by atoms with Crippen molar-refractivity contribution in [1.82, 2.24) is 4.98 Å². The molecule has 13 heavy (non-hydrogen) atoms. The van der Waals surface area contributed by atoms with Crippen LogP contribution < -0.4 is 5.73 Å². The first kappa shape index (κ1) is 8.97. The summed E-state index contributed by atoms with van der Waals surface area (Å²) in [6, 6.07) is 0. The molecule has 2 N–H and O–H groups in total. The van der Waals surface area contributed by atoms with Gasteiger partial charge in [0.15, 0.2) is 5.13 Å². The lowest BCUT2D eigenvalue weighted by atomic mass is 9.98. The molecule has 68 valence electrons.